The summed E-state index contributed by atoms with van der Waals surface area (Å²) in [6.07, 6.45) is 1.27. The summed E-state index contributed by atoms with van der Waals surface area (Å²) in [4.78, 5) is 4.34. The summed E-state index contributed by atoms with van der Waals surface area (Å²) in [7, 11) is 0. The van der Waals surface area contributed by atoms with E-state index in [-0.39, 0.29) is 12.1 Å². The van der Waals surface area contributed by atoms with Crippen LogP contribution in [-0.4, -0.2) is 22.2 Å². The average molecular weight is 217 g/mol. The lowest BCUT2D eigenvalue weighted by atomic mass is 9.89. The van der Waals surface area contributed by atoms with Crippen LogP contribution in [0.4, 0.5) is 5.82 Å². The molecule has 0 spiro atoms. The molecular formula is C12H15N3O. The van der Waals surface area contributed by atoms with E-state index in [0.717, 1.165) is 24.1 Å². The molecular weight excluding hydrogens is 202 g/mol. The van der Waals surface area contributed by atoms with E-state index in [9.17, 15) is 5.11 Å². The predicted molar refractivity (Wildman–Crippen MR) is 61.1 cm³/mol. The van der Waals surface area contributed by atoms with Crippen molar-refractivity contribution in [2.24, 2.45) is 0 Å². The summed E-state index contributed by atoms with van der Waals surface area (Å²) in [5.41, 5.74) is 2.45. The minimum atomic E-state index is -0.200. The van der Waals surface area contributed by atoms with E-state index < -0.39 is 0 Å². The Kier molecular flexibility index (Phi) is 2.80. The maximum Gasteiger partial charge on any atom is 0.144 e. The quantitative estimate of drug-likeness (QED) is 0.787. The fraction of sp³-hybridized carbons (Fsp3) is 0.500. The number of nitrogens with zero attached hydrogens (tertiary/aromatic N) is 2. The van der Waals surface area contributed by atoms with Crippen LogP contribution in [0.2, 0.25) is 0 Å². The summed E-state index contributed by atoms with van der Waals surface area (Å²) in [5.74, 6) is 0.650. The Hall–Kier alpha value is -1.60. The highest BCUT2D eigenvalue weighted by Crippen LogP contribution is 2.26. The number of aliphatic hydroxyl groups is 1. The van der Waals surface area contributed by atoms with Gasteiger partial charge in [-0.25, -0.2) is 4.98 Å². The Bertz CT molecular complexity index is 444. The first-order chi connectivity index (χ1) is 7.60. The highest BCUT2D eigenvalue weighted by molar-refractivity contribution is 5.57. The van der Waals surface area contributed by atoms with Gasteiger partial charge in [-0.1, -0.05) is 0 Å². The average Bonchev–Trinajstić information content (AvgIpc) is 2.14. The number of rotatable bonds is 2. The molecule has 1 aliphatic rings. The van der Waals surface area contributed by atoms with Crippen LogP contribution in [0.25, 0.3) is 0 Å². The van der Waals surface area contributed by atoms with Gasteiger partial charge in [0.25, 0.3) is 0 Å². The molecule has 84 valence electrons. The summed E-state index contributed by atoms with van der Waals surface area (Å²) in [6.45, 7) is 3.82. The normalized spacial score (nSPS) is 23.4. The minimum Gasteiger partial charge on any atom is -0.393 e. The van der Waals surface area contributed by atoms with Crippen LogP contribution in [0.3, 0.4) is 0 Å². The molecule has 0 bridgehead atoms. The molecule has 1 aromatic heterocycles. The highest BCUT2D eigenvalue weighted by atomic mass is 16.3. The number of nitriles is 1. The lowest BCUT2D eigenvalue weighted by Gasteiger charge is -2.32. The van der Waals surface area contributed by atoms with Crippen LogP contribution in [0, 0.1) is 25.2 Å². The molecule has 1 saturated carbocycles. The van der Waals surface area contributed by atoms with E-state index in [1.54, 1.807) is 0 Å². The van der Waals surface area contributed by atoms with Crippen molar-refractivity contribution in [2.45, 2.75) is 38.8 Å². The highest BCUT2D eigenvalue weighted by Gasteiger charge is 2.28. The maximum atomic E-state index is 9.21. The Morgan fingerprint density at radius 2 is 2.19 bits per heavy atom. The van der Waals surface area contributed by atoms with Crippen LogP contribution in [0.5, 0.6) is 0 Å². The molecule has 0 amide bonds. The van der Waals surface area contributed by atoms with Gasteiger partial charge in [0, 0.05) is 11.7 Å². The molecule has 2 rings (SSSR count). The first kappa shape index (κ1) is 10.9. The number of nitrogens with one attached hydrogen (secondary N) is 1. The fourth-order valence-electron chi connectivity index (χ4n) is 1.98. The van der Waals surface area contributed by atoms with Gasteiger partial charge in [-0.15, -0.1) is 0 Å². The Labute approximate surface area is 94.9 Å². The molecule has 0 aromatic carbocycles. The Morgan fingerprint density at radius 3 is 2.75 bits per heavy atom. The van der Waals surface area contributed by atoms with Crippen molar-refractivity contribution in [3.8, 4) is 6.07 Å². The summed E-state index contributed by atoms with van der Waals surface area (Å²) >= 11 is 0. The standard InChI is InChI=1S/C12H15N3O/c1-7-3-8(2)14-12(11(7)6-13)15-9-4-10(16)5-9/h3,9-10,16H,4-5H2,1-2H3,(H,14,15). The summed E-state index contributed by atoms with van der Waals surface area (Å²) in [5, 5.41) is 21.5. The van der Waals surface area contributed by atoms with Crippen LogP contribution < -0.4 is 5.32 Å². The van der Waals surface area contributed by atoms with Crippen molar-refractivity contribution in [1.82, 2.24) is 4.98 Å². The molecule has 1 fully saturated rings. The number of aliphatic hydroxyl groups excluding tert-OH is 1. The molecule has 1 aliphatic carbocycles. The zero-order chi connectivity index (χ0) is 11.7. The third-order valence-electron chi connectivity index (χ3n) is 2.91. The van der Waals surface area contributed by atoms with Crippen LogP contribution in [-0.2, 0) is 0 Å². The number of hydrogen-bond acceptors (Lipinski definition) is 4. The topological polar surface area (TPSA) is 68.9 Å². The molecule has 16 heavy (non-hydrogen) atoms. The van der Waals surface area contributed by atoms with Gasteiger partial charge in [-0.2, -0.15) is 5.26 Å². The summed E-state index contributed by atoms with van der Waals surface area (Å²) < 4.78 is 0. The largest absolute Gasteiger partial charge is 0.393 e. The van der Waals surface area contributed by atoms with E-state index in [1.807, 2.05) is 19.9 Å². The van der Waals surface area contributed by atoms with Gasteiger partial charge in [0.1, 0.15) is 11.9 Å². The zero-order valence-corrected chi connectivity index (χ0v) is 9.49. The van der Waals surface area contributed by atoms with Crippen LogP contribution >= 0.6 is 0 Å². The minimum absolute atomic E-state index is 0.200. The number of aryl methyl sites for hydroxylation is 2. The fourth-order valence-corrected chi connectivity index (χ4v) is 1.98. The van der Waals surface area contributed by atoms with E-state index in [4.69, 9.17) is 5.26 Å². The number of hydrogen-bond donors (Lipinski definition) is 2. The second-order valence-electron chi connectivity index (χ2n) is 4.38. The zero-order valence-electron chi connectivity index (χ0n) is 9.49. The van der Waals surface area contributed by atoms with E-state index in [0.29, 0.717) is 11.4 Å². The van der Waals surface area contributed by atoms with Crippen molar-refractivity contribution in [2.75, 3.05) is 5.32 Å². The van der Waals surface area contributed by atoms with Gasteiger partial charge in [-0.3, -0.25) is 0 Å². The molecule has 0 radical (unpaired) electrons. The monoisotopic (exact) mass is 217 g/mol. The van der Waals surface area contributed by atoms with Crippen molar-refractivity contribution in [1.29, 1.82) is 5.26 Å². The third kappa shape index (κ3) is 2.00. The second kappa shape index (κ2) is 4.11. The van der Waals surface area contributed by atoms with E-state index >= 15 is 0 Å². The molecule has 0 atom stereocenters. The molecule has 4 nitrogen and oxygen atoms in total. The van der Waals surface area contributed by atoms with Crippen molar-refractivity contribution in [3.05, 3.63) is 22.9 Å². The Morgan fingerprint density at radius 1 is 1.50 bits per heavy atom. The predicted octanol–water partition coefficient (Wildman–Crippen LogP) is 1.51. The molecule has 0 saturated heterocycles. The third-order valence-corrected chi connectivity index (χ3v) is 2.91. The van der Waals surface area contributed by atoms with Gasteiger partial charge < -0.3 is 10.4 Å². The first-order valence-electron chi connectivity index (χ1n) is 5.43. The molecule has 1 aromatic rings. The van der Waals surface area contributed by atoms with Gasteiger partial charge in [0.05, 0.1) is 11.7 Å². The second-order valence-corrected chi connectivity index (χ2v) is 4.38. The molecule has 0 unspecified atom stereocenters. The maximum absolute atomic E-state index is 9.21. The molecule has 2 N–H and O–H groups in total. The van der Waals surface area contributed by atoms with Gasteiger partial charge >= 0.3 is 0 Å². The SMILES string of the molecule is Cc1cc(C)c(C#N)c(NC2CC(O)C2)n1. The van der Waals surface area contributed by atoms with E-state index in [1.165, 1.54) is 0 Å². The lowest BCUT2D eigenvalue weighted by Crippen LogP contribution is -2.39. The van der Waals surface area contributed by atoms with Gasteiger partial charge in [0.2, 0.25) is 0 Å². The van der Waals surface area contributed by atoms with Crippen LogP contribution in [0.1, 0.15) is 29.7 Å². The molecule has 1 heterocycles. The Balaban J connectivity index is 2.22. The van der Waals surface area contributed by atoms with Crippen molar-refractivity contribution >= 4 is 5.82 Å². The van der Waals surface area contributed by atoms with Crippen LogP contribution in [0.15, 0.2) is 6.07 Å². The molecule has 4 heteroatoms. The van der Waals surface area contributed by atoms with E-state index in [2.05, 4.69) is 16.4 Å². The first-order valence-corrected chi connectivity index (χ1v) is 5.43. The number of aromatic nitrogens is 1. The van der Waals surface area contributed by atoms with Crippen molar-refractivity contribution in [3.63, 3.8) is 0 Å². The van der Waals surface area contributed by atoms with Crippen molar-refractivity contribution < 1.29 is 5.11 Å². The lowest BCUT2D eigenvalue weighted by molar-refractivity contribution is 0.0835. The van der Waals surface area contributed by atoms with Gasteiger partial charge in [0.15, 0.2) is 0 Å². The smallest absolute Gasteiger partial charge is 0.144 e. The molecule has 0 aliphatic heterocycles. The number of anilines is 1. The summed E-state index contributed by atoms with van der Waals surface area (Å²) in [6, 6.07) is 4.32. The number of pyridine rings is 1. The van der Waals surface area contributed by atoms with Gasteiger partial charge in [-0.05, 0) is 38.3 Å².